The smallest absolute Gasteiger partial charge is 0.406 e. The molecule has 4 aromatic rings. The maximum absolute atomic E-state index is 12.3. The largest absolute Gasteiger partial charge is 0.573 e. The molecule has 2 N–H and O–H groups in total. The van der Waals surface area contributed by atoms with Crippen molar-refractivity contribution in [1.82, 2.24) is 4.57 Å². The highest BCUT2D eigenvalue weighted by Gasteiger charge is 2.30. The molecular weight excluding hydrogens is 525 g/mol. The predicted octanol–water partition coefficient (Wildman–Crippen LogP) is 6.36. The van der Waals surface area contributed by atoms with Crippen molar-refractivity contribution < 1.29 is 17.9 Å². The van der Waals surface area contributed by atoms with Gasteiger partial charge in [-0.2, -0.15) is 5.10 Å². The number of halogens is 3. The van der Waals surface area contributed by atoms with Gasteiger partial charge in [-0.05, 0) is 61.7 Å². The third-order valence-electron chi connectivity index (χ3n) is 5.57. The number of hydrogen-bond acceptors (Lipinski definition) is 5. The number of aromatic nitrogens is 1. The highest BCUT2D eigenvalue weighted by molar-refractivity contribution is 7.07. The van der Waals surface area contributed by atoms with Crippen molar-refractivity contribution >= 4 is 35.4 Å². The third-order valence-corrected chi connectivity index (χ3v) is 6.51. The van der Waals surface area contributed by atoms with Gasteiger partial charge in [0.05, 0.1) is 17.6 Å². The lowest BCUT2D eigenvalue weighted by atomic mass is 10.1. The molecule has 0 aliphatic carbocycles. The van der Waals surface area contributed by atoms with Crippen LogP contribution in [0.4, 0.5) is 18.9 Å². The zero-order chi connectivity index (χ0) is 28.0. The minimum atomic E-state index is -4.74. The van der Waals surface area contributed by atoms with Gasteiger partial charge in [0.2, 0.25) is 4.80 Å². The summed E-state index contributed by atoms with van der Waals surface area (Å²) in [6.07, 6.45) is -1.85. The fourth-order valence-corrected chi connectivity index (χ4v) is 4.56. The van der Waals surface area contributed by atoms with Gasteiger partial charge in [0.1, 0.15) is 17.9 Å². The van der Waals surface area contributed by atoms with E-state index >= 15 is 0 Å². The summed E-state index contributed by atoms with van der Waals surface area (Å²) in [6.45, 7) is 6.20. The van der Waals surface area contributed by atoms with Crippen LogP contribution in [-0.4, -0.2) is 29.3 Å². The van der Waals surface area contributed by atoms with Crippen LogP contribution in [0.3, 0.4) is 0 Å². The maximum atomic E-state index is 12.3. The van der Waals surface area contributed by atoms with Crippen molar-refractivity contribution in [3.05, 3.63) is 105 Å². The number of para-hydroxylation sites is 1. The van der Waals surface area contributed by atoms with E-state index in [0.29, 0.717) is 11.3 Å². The van der Waals surface area contributed by atoms with Gasteiger partial charge in [0, 0.05) is 16.6 Å². The topological polar surface area (TPSA) is 89.6 Å². The van der Waals surface area contributed by atoms with Crippen LogP contribution in [0.2, 0.25) is 0 Å². The van der Waals surface area contributed by atoms with Crippen molar-refractivity contribution in [3.63, 3.8) is 0 Å². The predicted molar refractivity (Wildman–Crippen MR) is 149 cm³/mol. The number of nitrogens with two attached hydrogens (primary N) is 1. The molecular formula is C28H25F3N6OS. The van der Waals surface area contributed by atoms with Gasteiger partial charge in [-0.15, -0.1) is 29.6 Å². The van der Waals surface area contributed by atoms with Gasteiger partial charge < -0.3 is 10.5 Å². The second-order valence-electron chi connectivity index (χ2n) is 8.50. The van der Waals surface area contributed by atoms with Gasteiger partial charge in [-0.1, -0.05) is 42.5 Å². The molecule has 0 aliphatic heterocycles. The van der Waals surface area contributed by atoms with Crippen LogP contribution in [0.1, 0.15) is 27.9 Å². The lowest BCUT2D eigenvalue weighted by molar-refractivity contribution is -0.274. The normalized spacial score (nSPS) is 13.1. The number of thiazole rings is 1. The van der Waals surface area contributed by atoms with E-state index in [-0.39, 0.29) is 11.6 Å². The first kappa shape index (κ1) is 27.5. The summed E-state index contributed by atoms with van der Waals surface area (Å²) in [5, 5.41) is 10.8. The van der Waals surface area contributed by atoms with Crippen molar-refractivity contribution in [3.8, 4) is 11.4 Å². The zero-order valence-corrected chi connectivity index (χ0v) is 22.2. The summed E-state index contributed by atoms with van der Waals surface area (Å²) in [6, 6.07) is 18.6. The molecule has 4 rings (SSSR count). The summed E-state index contributed by atoms with van der Waals surface area (Å²) < 4.78 is 42.7. The Kier molecular flexibility index (Phi) is 8.40. The first-order chi connectivity index (χ1) is 18.6. The Bertz CT molecular complexity index is 1580. The Balaban J connectivity index is 1.43. The number of amidine groups is 1. The number of nitrogens with zero attached hydrogens (tertiary/aromatic N) is 5. The molecule has 0 unspecified atom stereocenters. The Morgan fingerprint density at radius 3 is 2.26 bits per heavy atom. The van der Waals surface area contributed by atoms with Crippen LogP contribution in [0.5, 0.6) is 5.75 Å². The van der Waals surface area contributed by atoms with E-state index in [1.807, 2.05) is 25.1 Å². The number of aliphatic imine (C=N–C) groups is 2. The monoisotopic (exact) mass is 550 g/mol. The SMILES string of the molecule is Cc1cccc(C)c1-n1c(C)cs/c1=N/N=C\c1ccc(C(N)=NC=Nc2ccc(OC(F)(F)F)cc2)cc1. The number of alkyl halides is 3. The first-order valence-electron chi connectivity index (χ1n) is 11.7. The van der Waals surface area contributed by atoms with Crippen LogP contribution in [0.15, 0.2) is 92.3 Å². The molecule has 1 aromatic heterocycles. The molecule has 0 amide bonds. The molecule has 0 radical (unpaired) electrons. The highest BCUT2D eigenvalue weighted by Crippen LogP contribution is 2.25. The van der Waals surface area contributed by atoms with E-state index in [2.05, 4.69) is 60.9 Å². The van der Waals surface area contributed by atoms with Crippen LogP contribution in [-0.2, 0) is 0 Å². The Labute approximate surface area is 227 Å². The second-order valence-corrected chi connectivity index (χ2v) is 9.34. The van der Waals surface area contributed by atoms with Crippen molar-refractivity contribution in [2.45, 2.75) is 27.1 Å². The molecule has 3 aromatic carbocycles. The summed E-state index contributed by atoms with van der Waals surface area (Å²) in [5.74, 6) is -0.0976. The minimum absolute atomic E-state index is 0.229. The second kappa shape index (κ2) is 11.9. The lowest BCUT2D eigenvalue weighted by Gasteiger charge is -2.12. The highest BCUT2D eigenvalue weighted by atomic mass is 32.1. The zero-order valence-electron chi connectivity index (χ0n) is 21.3. The molecule has 1 heterocycles. The minimum Gasteiger partial charge on any atom is -0.406 e. The molecule has 7 nitrogen and oxygen atoms in total. The van der Waals surface area contributed by atoms with Crippen LogP contribution in [0, 0.1) is 20.8 Å². The number of rotatable bonds is 7. The van der Waals surface area contributed by atoms with Gasteiger partial charge in [0.15, 0.2) is 0 Å². The molecule has 39 heavy (non-hydrogen) atoms. The molecule has 11 heteroatoms. The lowest BCUT2D eigenvalue weighted by Crippen LogP contribution is -2.16. The quantitative estimate of drug-likeness (QED) is 0.165. The van der Waals surface area contributed by atoms with Gasteiger partial charge in [0.25, 0.3) is 0 Å². The molecule has 0 spiro atoms. The van der Waals surface area contributed by atoms with E-state index < -0.39 is 6.36 Å². The van der Waals surface area contributed by atoms with E-state index in [1.54, 1.807) is 18.3 Å². The standard InChI is InChI=1S/C28H25F3N6OS/c1-18-5-4-6-19(2)25(18)37-20(3)16-39-27(37)36-35-15-21-7-9-22(10-8-21)26(32)34-17-33-23-11-13-24(14-12-23)38-28(29,30)31/h4-17H,1-3H3,(H2,32,33,34)/b35-15-,36-27+. The molecule has 0 bridgehead atoms. The van der Waals surface area contributed by atoms with Crippen LogP contribution in [0.25, 0.3) is 5.69 Å². The number of ether oxygens (including phenoxy) is 1. The fraction of sp³-hybridized carbons (Fsp3) is 0.143. The van der Waals surface area contributed by atoms with Crippen LogP contribution < -0.4 is 15.3 Å². The van der Waals surface area contributed by atoms with Gasteiger partial charge >= 0.3 is 6.36 Å². The third kappa shape index (κ3) is 7.29. The molecule has 0 atom stereocenters. The molecule has 0 saturated carbocycles. The van der Waals surface area contributed by atoms with Crippen LogP contribution >= 0.6 is 11.3 Å². The summed E-state index contributed by atoms with van der Waals surface area (Å²) in [7, 11) is 0. The van der Waals surface area contributed by atoms with E-state index in [1.165, 1.54) is 41.9 Å². The molecule has 0 aliphatic rings. The van der Waals surface area contributed by atoms with Gasteiger partial charge in [-0.3, -0.25) is 4.57 Å². The Hall–Kier alpha value is -4.51. The first-order valence-corrected chi connectivity index (χ1v) is 12.6. The fourth-order valence-electron chi connectivity index (χ4n) is 3.74. The van der Waals surface area contributed by atoms with Crippen molar-refractivity contribution in [1.29, 1.82) is 0 Å². The van der Waals surface area contributed by atoms with E-state index in [4.69, 9.17) is 5.73 Å². The van der Waals surface area contributed by atoms with E-state index in [9.17, 15) is 13.2 Å². The maximum Gasteiger partial charge on any atom is 0.573 e. The Morgan fingerprint density at radius 1 is 0.949 bits per heavy atom. The molecule has 0 fully saturated rings. The molecule has 200 valence electrons. The average Bonchev–Trinajstić information content (AvgIpc) is 3.24. The number of aryl methyl sites for hydroxylation is 3. The van der Waals surface area contributed by atoms with Gasteiger partial charge in [-0.25, -0.2) is 9.98 Å². The average molecular weight is 551 g/mol. The van der Waals surface area contributed by atoms with Crippen molar-refractivity contribution in [2.24, 2.45) is 25.9 Å². The van der Waals surface area contributed by atoms with E-state index in [0.717, 1.165) is 32.9 Å². The number of benzene rings is 3. The number of hydrogen-bond donors (Lipinski definition) is 1. The Morgan fingerprint density at radius 2 is 1.62 bits per heavy atom. The summed E-state index contributed by atoms with van der Waals surface area (Å²) in [4.78, 5) is 8.94. The summed E-state index contributed by atoms with van der Waals surface area (Å²) in [5.41, 5.74) is 12.5. The summed E-state index contributed by atoms with van der Waals surface area (Å²) >= 11 is 1.53. The molecule has 0 saturated heterocycles. The van der Waals surface area contributed by atoms with Crippen molar-refractivity contribution in [2.75, 3.05) is 0 Å².